The van der Waals surface area contributed by atoms with Gasteiger partial charge in [-0.3, -0.25) is 14.4 Å². The van der Waals surface area contributed by atoms with Gasteiger partial charge in [0.2, 0.25) is 0 Å². The number of aromatic nitrogens is 3. The van der Waals surface area contributed by atoms with Gasteiger partial charge in [-0.05, 0) is 13.5 Å². The first-order valence-corrected chi connectivity index (χ1v) is 6.75. The Hall–Kier alpha value is -1.47. The molecule has 1 aliphatic rings. The molecule has 106 valence electrons. The lowest BCUT2D eigenvalue weighted by Crippen LogP contribution is -2.53. The van der Waals surface area contributed by atoms with Crippen molar-refractivity contribution in [1.82, 2.24) is 24.8 Å². The highest BCUT2D eigenvalue weighted by molar-refractivity contribution is 5.92. The van der Waals surface area contributed by atoms with Gasteiger partial charge in [-0.1, -0.05) is 12.1 Å². The van der Waals surface area contributed by atoms with Gasteiger partial charge < -0.3 is 10.6 Å². The van der Waals surface area contributed by atoms with E-state index < -0.39 is 0 Å². The molecule has 19 heavy (non-hydrogen) atoms. The number of hydrogen-bond acceptors (Lipinski definition) is 5. The zero-order chi connectivity index (χ0) is 13.8. The second-order valence-corrected chi connectivity index (χ2v) is 4.95. The van der Waals surface area contributed by atoms with Crippen LogP contribution in [-0.2, 0) is 6.54 Å². The van der Waals surface area contributed by atoms with Gasteiger partial charge in [0, 0.05) is 32.2 Å². The number of nitrogens with zero attached hydrogens (tertiary/aromatic N) is 5. The number of piperazine rings is 1. The molecular formula is C12H22N6O. The number of rotatable bonds is 4. The molecular weight excluding hydrogens is 244 g/mol. The molecule has 2 rings (SSSR count). The van der Waals surface area contributed by atoms with Crippen LogP contribution in [0.5, 0.6) is 0 Å². The van der Waals surface area contributed by atoms with Crippen LogP contribution in [0, 0.1) is 0 Å². The summed E-state index contributed by atoms with van der Waals surface area (Å²) in [6, 6.07) is 0.428. The fraction of sp³-hybridized carbons (Fsp3) is 0.750. The van der Waals surface area contributed by atoms with Crippen molar-refractivity contribution in [3.63, 3.8) is 0 Å². The van der Waals surface area contributed by atoms with Gasteiger partial charge in [0.05, 0.1) is 12.7 Å². The average Bonchev–Trinajstić information content (AvgIpc) is 2.87. The molecule has 1 amide bonds. The number of likely N-dealkylation sites (N-methyl/N-ethyl adjacent to an activating group) is 1. The summed E-state index contributed by atoms with van der Waals surface area (Å²) in [5.74, 6) is -0.0326. The third kappa shape index (κ3) is 3.10. The molecule has 0 bridgehead atoms. The van der Waals surface area contributed by atoms with Crippen LogP contribution >= 0.6 is 0 Å². The van der Waals surface area contributed by atoms with E-state index >= 15 is 0 Å². The fourth-order valence-electron chi connectivity index (χ4n) is 2.37. The van der Waals surface area contributed by atoms with Crippen LogP contribution in [-0.4, -0.2) is 70.0 Å². The van der Waals surface area contributed by atoms with E-state index in [1.54, 1.807) is 10.9 Å². The van der Waals surface area contributed by atoms with Crippen molar-refractivity contribution >= 4 is 5.91 Å². The quantitative estimate of drug-likeness (QED) is 0.787. The summed E-state index contributed by atoms with van der Waals surface area (Å²) in [4.78, 5) is 16.5. The van der Waals surface area contributed by atoms with Crippen LogP contribution in [0.2, 0.25) is 0 Å². The van der Waals surface area contributed by atoms with Gasteiger partial charge in [-0.2, -0.15) is 0 Å². The van der Waals surface area contributed by atoms with Gasteiger partial charge in [-0.15, -0.1) is 5.10 Å². The number of hydrogen-bond donors (Lipinski definition) is 1. The molecule has 0 saturated carbocycles. The molecule has 1 aromatic rings. The van der Waals surface area contributed by atoms with Crippen molar-refractivity contribution in [3.8, 4) is 0 Å². The summed E-state index contributed by atoms with van der Waals surface area (Å²) in [5.41, 5.74) is 5.86. The Bertz CT molecular complexity index is 432. The predicted molar refractivity (Wildman–Crippen MR) is 71.7 cm³/mol. The Balaban J connectivity index is 2.02. The Kier molecular flexibility index (Phi) is 4.49. The lowest BCUT2D eigenvalue weighted by atomic mass is 10.1. The minimum atomic E-state index is -0.0326. The lowest BCUT2D eigenvalue weighted by molar-refractivity contribution is 0.0536. The molecule has 1 saturated heterocycles. The van der Waals surface area contributed by atoms with E-state index in [1.165, 1.54) is 0 Å². The summed E-state index contributed by atoms with van der Waals surface area (Å²) in [7, 11) is 2.10. The lowest BCUT2D eigenvalue weighted by Gasteiger charge is -2.38. The van der Waals surface area contributed by atoms with Crippen molar-refractivity contribution in [1.29, 1.82) is 0 Å². The Morgan fingerprint density at radius 2 is 2.32 bits per heavy atom. The highest BCUT2D eigenvalue weighted by Crippen LogP contribution is 2.12. The standard InChI is InChI=1S/C12H22N6O/c1-3-10-8-17(7-6-16(10)2)12(19)11-9-18(5-4-13)15-14-11/h9-10H,3-8,13H2,1-2H3. The van der Waals surface area contributed by atoms with Crippen LogP contribution in [0.3, 0.4) is 0 Å². The van der Waals surface area contributed by atoms with Crippen LogP contribution in [0.4, 0.5) is 0 Å². The van der Waals surface area contributed by atoms with Gasteiger partial charge in [-0.25, -0.2) is 0 Å². The van der Waals surface area contributed by atoms with E-state index in [2.05, 4.69) is 29.2 Å². The van der Waals surface area contributed by atoms with E-state index in [4.69, 9.17) is 5.73 Å². The molecule has 0 radical (unpaired) electrons. The number of carbonyl (C=O) groups is 1. The number of amides is 1. The van der Waals surface area contributed by atoms with Crippen molar-refractivity contribution in [2.24, 2.45) is 5.73 Å². The number of carbonyl (C=O) groups excluding carboxylic acids is 1. The monoisotopic (exact) mass is 266 g/mol. The predicted octanol–water partition coefficient (Wildman–Crippen LogP) is -0.597. The van der Waals surface area contributed by atoms with Crippen molar-refractivity contribution in [3.05, 3.63) is 11.9 Å². The Morgan fingerprint density at radius 1 is 1.53 bits per heavy atom. The zero-order valence-corrected chi connectivity index (χ0v) is 11.6. The van der Waals surface area contributed by atoms with E-state index in [1.807, 2.05) is 4.90 Å². The van der Waals surface area contributed by atoms with Crippen LogP contribution in [0.1, 0.15) is 23.8 Å². The van der Waals surface area contributed by atoms with Crippen molar-refractivity contribution < 1.29 is 4.79 Å². The molecule has 0 aliphatic carbocycles. The minimum absolute atomic E-state index is 0.0326. The maximum Gasteiger partial charge on any atom is 0.276 e. The van der Waals surface area contributed by atoms with Gasteiger partial charge in [0.15, 0.2) is 5.69 Å². The first-order valence-electron chi connectivity index (χ1n) is 6.75. The second-order valence-electron chi connectivity index (χ2n) is 4.95. The van der Waals surface area contributed by atoms with Crippen LogP contribution < -0.4 is 5.73 Å². The molecule has 1 aliphatic heterocycles. The summed E-state index contributed by atoms with van der Waals surface area (Å²) < 4.78 is 1.61. The molecule has 1 fully saturated rings. The second kappa shape index (κ2) is 6.12. The van der Waals surface area contributed by atoms with Crippen LogP contribution in [0.25, 0.3) is 0 Å². The zero-order valence-electron chi connectivity index (χ0n) is 11.6. The molecule has 7 heteroatoms. The highest BCUT2D eigenvalue weighted by atomic mass is 16.2. The summed E-state index contributed by atoms with van der Waals surface area (Å²) >= 11 is 0. The van der Waals surface area contributed by atoms with Crippen LogP contribution in [0.15, 0.2) is 6.20 Å². The summed E-state index contributed by atoms with van der Waals surface area (Å²) in [6.45, 7) is 5.63. The molecule has 2 N–H and O–H groups in total. The SMILES string of the molecule is CCC1CN(C(=O)c2cn(CCN)nn2)CCN1C. The molecule has 2 heterocycles. The molecule has 7 nitrogen and oxygen atoms in total. The van der Waals surface area contributed by atoms with Crippen molar-refractivity contribution in [2.45, 2.75) is 25.9 Å². The van der Waals surface area contributed by atoms with E-state index in [-0.39, 0.29) is 5.91 Å². The Labute approximate surface area is 113 Å². The summed E-state index contributed by atoms with van der Waals surface area (Å²) in [6.07, 6.45) is 2.72. The molecule has 1 aromatic heterocycles. The molecule has 0 spiro atoms. The first-order chi connectivity index (χ1) is 9.15. The topological polar surface area (TPSA) is 80.3 Å². The largest absolute Gasteiger partial charge is 0.334 e. The van der Waals surface area contributed by atoms with E-state index in [0.717, 1.165) is 26.1 Å². The summed E-state index contributed by atoms with van der Waals surface area (Å²) in [5, 5.41) is 7.84. The van der Waals surface area contributed by atoms with Crippen molar-refractivity contribution in [2.75, 3.05) is 33.2 Å². The maximum atomic E-state index is 12.3. The van der Waals surface area contributed by atoms with E-state index in [0.29, 0.717) is 24.8 Å². The third-order valence-corrected chi connectivity index (χ3v) is 3.65. The number of nitrogens with two attached hydrogens (primary N) is 1. The third-order valence-electron chi connectivity index (χ3n) is 3.65. The average molecular weight is 266 g/mol. The normalized spacial score (nSPS) is 20.8. The first kappa shape index (κ1) is 14.0. The minimum Gasteiger partial charge on any atom is -0.334 e. The fourth-order valence-corrected chi connectivity index (χ4v) is 2.37. The van der Waals surface area contributed by atoms with Gasteiger partial charge in [0.1, 0.15) is 0 Å². The smallest absolute Gasteiger partial charge is 0.276 e. The van der Waals surface area contributed by atoms with E-state index in [9.17, 15) is 4.79 Å². The Morgan fingerprint density at radius 3 is 3.00 bits per heavy atom. The molecule has 1 unspecified atom stereocenters. The van der Waals surface area contributed by atoms with Gasteiger partial charge >= 0.3 is 0 Å². The highest BCUT2D eigenvalue weighted by Gasteiger charge is 2.27. The maximum absolute atomic E-state index is 12.3. The molecule has 0 aromatic carbocycles. The molecule has 1 atom stereocenters. The van der Waals surface area contributed by atoms with Gasteiger partial charge in [0.25, 0.3) is 5.91 Å².